The van der Waals surface area contributed by atoms with Crippen LogP contribution in [0.3, 0.4) is 0 Å². The lowest BCUT2D eigenvalue weighted by Crippen LogP contribution is -2.52. The molecule has 36 heavy (non-hydrogen) atoms. The number of benzene rings is 1. The smallest absolute Gasteiger partial charge is 0.348 e. The van der Waals surface area contributed by atoms with Crippen LogP contribution in [0.25, 0.3) is 11.2 Å². The molecule has 192 valence electrons. The van der Waals surface area contributed by atoms with Crippen molar-refractivity contribution in [1.29, 1.82) is 0 Å². The number of alkyl halides is 1. The molecule has 2 aromatic heterocycles. The van der Waals surface area contributed by atoms with Gasteiger partial charge in [0, 0.05) is 6.42 Å². The minimum atomic E-state index is -2.75. The van der Waals surface area contributed by atoms with Gasteiger partial charge in [0.15, 0.2) is 23.9 Å². The number of carboxylic acids is 2. The Kier molecular flexibility index (Phi) is 6.95. The molecule has 0 radical (unpaired) electrons. The number of nitrogen functional groups attached to an aromatic ring is 1. The molecule has 0 aliphatic carbocycles. The molecular weight excluding hydrogens is 505 g/mol. The molecule has 0 bridgehead atoms. The number of ether oxygens (including phenoxy) is 3. The van der Waals surface area contributed by atoms with Crippen LogP contribution in [0.4, 0.5) is 10.2 Å². The zero-order chi connectivity index (χ0) is 26.2. The highest BCUT2D eigenvalue weighted by atomic mass is 35.5. The third kappa shape index (κ3) is 4.51. The lowest BCUT2D eigenvalue weighted by atomic mass is 9.94. The van der Waals surface area contributed by atoms with Crippen molar-refractivity contribution in [3.63, 3.8) is 0 Å². The molecule has 1 fully saturated rings. The molecule has 1 saturated heterocycles. The summed E-state index contributed by atoms with van der Waals surface area (Å²) in [5.74, 6) is -3.25. The normalized spacial score (nSPS) is 22.1. The van der Waals surface area contributed by atoms with E-state index < -0.39 is 55.2 Å². The molecule has 13 nitrogen and oxygen atoms in total. The number of nitrogens with zero attached hydrogens (tertiary/aromatic N) is 4. The largest absolute Gasteiger partial charge is 0.497 e. The van der Waals surface area contributed by atoms with Crippen molar-refractivity contribution < 1.29 is 43.5 Å². The highest BCUT2D eigenvalue weighted by Gasteiger charge is 2.52. The van der Waals surface area contributed by atoms with Crippen molar-refractivity contribution in [2.24, 2.45) is 0 Å². The van der Waals surface area contributed by atoms with Crippen molar-refractivity contribution in [3.8, 4) is 5.75 Å². The van der Waals surface area contributed by atoms with Gasteiger partial charge in [-0.3, -0.25) is 4.57 Å². The number of aromatic nitrogens is 4. The zero-order valence-electron chi connectivity index (χ0n) is 18.6. The van der Waals surface area contributed by atoms with Crippen LogP contribution in [0, 0.1) is 0 Å². The molecule has 1 aromatic carbocycles. The van der Waals surface area contributed by atoms with Crippen LogP contribution < -0.4 is 10.5 Å². The van der Waals surface area contributed by atoms with Gasteiger partial charge in [-0.05, 0) is 29.3 Å². The number of halogens is 2. The number of rotatable bonds is 9. The number of methoxy groups -OCH3 is 1. The number of aliphatic carboxylic acids is 2. The number of hydrogen-bond acceptors (Lipinski definition) is 10. The van der Waals surface area contributed by atoms with E-state index in [1.807, 2.05) is 0 Å². The molecule has 4 atom stereocenters. The van der Waals surface area contributed by atoms with Gasteiger partial charge in [0.25, 0.3) is 5.60 Å². The first kappa shape index (κ1) is 25.5. The van der Waals surface area contributed by atoms with E-state index in [9.17, 15) is 24.9 Å². The fourth-order valence-corrected chi connectivity index (χ4v) is 4.04. The number of fused-ring (bicyclic) bond motifs is 1. The van der Waals surface area contributed by atoms with Crippen molar-refractivity contribution in [1.82, 2.24) is 19.5 Å². The van der Waals surface area contributed by atoms with Gasteiger partial charge in [-0.2, -0.15) is 9.97 Å². The van der Waals surface area contributed by atoms with Crippen LogP contribution in [-0.4, -0.2) is 84.5 Å². The molecule has 1 aliphatic rings. The lowest BCUT2D eigenvalue weighted by Gasteiger charge is -2.27. The summed E-state index contributed by atoms with van der Waals surface area (Å²) in [7, 11) is 1.40. The molecule has 1 aliphatic heterocycles. The number of nitrogens with two attached hydrogens (primary N) is 1. The Hall–Kier alpha value is -3.59. The average Bonchev–Trinajstić information content (AvgIpc) is 3.37. The Bertz CT molecular complexity index is 1290. The molecule has 0 amide bonds. The molecule has 3 aromatic rings. The van der Waals surface area contributed by atoms with E-state index >= 15 is 4.39 Å². The van der Waals surface area contributed by atoms with Crippen molar-refractivity contribution >= 4 is 40.5 Å². The summed E-state index contributed by atoms with van der Waals surface area (Å²) in [6, 6.07) is 6.12. The molecule has 0 spiro atoms. The van der Waals surface area contributed by atoms with Crippen LogP contribution in [-0.2, 0) is 25.5 Å². The lowest BCUT2D eigenvalue weighted by molar-refractivity contribution is -0.190. The van der Waals surface area contributed by atoms with Crippen LogP contribution in [0.5, 0.6) is 5.75 Å². The summed E-state index contributed by atoms with van der Waals surface area (Å²) in [5, 5.41) is 29.8. The van der Waals surface area contributed by atoms with Gasteiger partial charge in [-0.1, -0.05) is 12.1 Å². The van der Waals surface area contributed by atoms with Crippen LogP contribution in [0.2, 0.25) is 5.28 Å². The number of anilines is 1. The number of imidazole rings is 1. The Morgan fingerprint density at radius 2 is 2.03 bits per heavy atom. The van der Waals surface area contributed by atoms with Crippen LogP contribution >= 0.6 is 11.6 Å². The summed E-state index contributed by atoms with van der Waals surface area (Å²) >= 11 is 5.83. The van der Waals surface area contributed by atoms with Gasteiger partial charge < -0.3 is 35.3 Å². The molecule has 5 N–H and O–H groups in total. The number of carbonyl (C=O) groups is 2. The van der Waals surface area contributed by atoms with E-state index in [4.69, 9.17) is 31.5 Å². The summed E-state index contributed by atoms with van der Waals surface area (Å²) in [6.45, 7) is -0.759. The molecular formula is C21H21ClFN5O8. The first-order valence-corrected chi connectivity index (χ1v) is 10.8. The number of carboxylic acid groups (broad SMARTS) is 2. The molecule has 15 heteroatoms. The van der Waals surface area contributed by atoms with E-state index in [1.165, 1.54) is 25.6 Å². The average molecular weight is 526 g/mol. The monoisotopic (exact) mass is 525 g/mol. The van der Waals surface area contributed by atoms with Gasteiger partial charge in [-0.25, -0.2) is 19.0 Å². The first-order chi connectivity index (χ1) is 17.1. The van der Waals surface area contributed by atoms with E-state index in [1.54, 1.807) is 12.1 Å². The van der Waals surface area contributed by atoms with Crippen molar-refractivity contribution in [3.05, 3.63) is 41.4 Å². The summed E-state index contributed by atoms with van der Waals surface area (Å²) in [6.07, 6.45) is -6.14. The fourth-order valence-electron chi connectivity index (χ4n) is 3.87. The molecule has 0 unspecified atom stereocenters. The first-order valence-electron chi connectivity index (χ1n) is 10.4. The fraction of sp³-hybridized carbons (Fsp3) is 0.381. The highest BCUT2D eigenvalue weighted by Crippen LogP contribution is 2.35. The van der Waals surface area contributed by atoms with Gasteiger partial charge >= 0.3 is 11.9 Å². The van der Waals surface area contributed by atoms with E-state index in [2.05, 4.69) is 15.0 Å². The SMILES string of the molecule is COc1cccc(CC(OC[C@H]2O[C@@H](n3cnc4c(N)nc(Cl)nc43)[C@@H](F)[C@@H]2O)(C(=O)O)C(=O)O)c1. The van der Waals surface area contributed by atoms with Gasteiger partial charge in [0.05, 0.1) is 20.0 Å². The Labute approximate surface area is 207 Å². The zero-order valence-corrected chi connectivity index (χ0v) is 19.4. The minimum Gasteiger partial charge on any atom is -0.497 e. The second kappa shape index (κ2) is 9.81. The van der Waals surface area contributed by atoms with Gasteiger partial charge in [0.2, 0.25) is 5.28 Å². The third-order valence-corrected chi connectivity index (χ3v) is 5.93. The second-order valence-electron chi connectivity index (χ2n) is 7.98. The van der Waals surface area contributed by atoms with Crippen molar-refractivity contribution in [2.45, 2.75) is 36.6 Å². The maximum Gasteiger partial charge on any atom is 0.348 e. The summed E-state index contributed by atoms with van der Waals surface area (Å²) in [5.41, 5.74) is 3.47. The third-order valence-electron chi connectivity index (χ3n) is 5.76. The topological polar surface area (TPSA) is 192 Å². The second-order valence-corrected chi connectivity index (χ2v) is 8.32. The van der Waals surface area contributed by atoms with Gasteiger partial charge in [0.1, 0.15) is 23.5 Å². The maximum absolute atomic E-state index is 15.1. The Morgan fingerprint density at radius 1 is 1.31 bits per heavy atom. The van der Waals surface area contributed by atoms with Crippen LogP contribution in [0.1, 0.15) is 11.8 Å². The maximum atomic E-state index is 15.1. The van der Waals surface area contributed by atoms with E-state index in [-0.39, 0.29) is 22.3 Å². The van der Waals surface area contributed by atoms with Gasteiger partial charge in [-0.15, -0.1) is 0 Å². The number of aliphatic hydroxyl groups is 1. The van der Waals surface area contributed by atoms with Crippen molar-refractivity contribution in [2.75, 3.05) is 19.5 Å². The Balaban J connectivity index is 1.57. The van der Waals surface area contributed by atoms with E-state index in [0.717, 1.165) is 4.57 Å². The predicted molar refractivity (Wildman–Crippen MR) is 120 cm³/mol. The number of aliphatic hydroxyl groups excluding tert-OH is 1. The molecule has 4 rings (SSSR count). The standard InChI is InChI=1S/C21H21ClFN5O8/c1-34-10-4-2-3-9(5-10)6-21(18(30)31,19(32)33)35-7-11-14(29)12(23)17(36-11)28-8-25-13-15(24)26-20(22)27-16(13)28/h2-5,8,11-12,14,17,29H,6-7H2,1H3,(H,30,31)(H,32,33)(H2,24,26,27)/t11-,12+,14-,17-/m1/s1. The minimum absolute atomic E-state index is 0.0392. The Morgan fingerprint density at radius 3 is 2.69 bits per heavy atom. The summed E-state index contributed by atoms with van der Waals surface area (Å²) in [4.78, 5) is 35.9. The quantitative estimate of drug-likeness (QED) is 0.227. The number of hydrogen-bond donors (Lipinski definition) is 4. The predicted octanol–water partition coefficient (Wildman–Crippen LogP) is 0.834. The van der Waals surface area contributed by atoms with E-state index in [0.29, 0.717) is 11.3 Å². The summed E-state index contributed by atoms with van der Waals surface area (Å²) < 4.78 is 32.2. The highest BCUT2D eigenvalue weighted by molar-refractivity contribution is 6.28. The molecule has 0 saturated carbocycles. The molecule has 3 heterocycles. The van der Waals surface area contributed by atoms with Crippen LogP contribution in [0.15, 0.2) is 30.6 Å².